The van der Waals surface area contributed by atoms with Crippen LogP contribution in [0, 0.1) is 0 Å². The van der Waals surface area contributed by atoms with Crippen molar-refractivity contribution in [1.82, 2.24) is 0 Å². The van der Waals surface area contributed by atoms with E-state index in [1.165, 1.54) is 6.16 Å². The third-order valence-corrected chi connectivity index (χ3v) is 3.85. The summed E-state index contributed by atoms with van der Waals surface area (Å²) in [5.74, 6) is 0. The topological polar surface area (TPSA) is 0 Å². The molecule has 1 rings (SSSR count). The Kier molecular flexibility index (Phi) is 1.49. The molecular formula is C6H11P. The SMILES string of the molecule is C[C@H]1C=CC[P@@]1C. The first-order valence-corrected chi connectivity index (χ1v) is 4.72. The summed E-state index contributed by atoms with van der Waals surface area (Å²) in [6.07, 6.45) is 5.98. The minimum Gasteiger partial charge on any atom is -0.0993 e. The van der Waals surface area contributed by atoms with Crippen molar-refractivity contribution < 1.29 is 0 Å². The van der Waals surface area contributed by atoms with E-state index in [1.807, 2.05) is 0 Å². The van der Waals surface area contributed by atoms with Gasteiger partial charge in [-0.3, -0.25) is 0 Å². The van der Waals surface area contributed by atoms with Crippen molar-refractivity contribution in [3.8, 4) is 0 Å². The van der Waals surface area contributed by atoms with Gasteiger partial charge in [0, 0.05) is 0 Å². The Morgan fingerprint density at radius 3 is 2.57 bits per heavy atom. The molecule has 0 saturated heterocycles. The highest BCUT2D eigenvalue weighted by Crippen LogP contribution is 2.41. The molecule has 0 aromatic carbocycles. The maximum absolute atomic E-state index is 2.36. The molecule has 0 fully saturated rings. The van der Waals surface area contributed by atoms with E-state index in [-0.39, 0.29) is 0 Å². The van der Waals surface area contributed by atoms with Crippen molar-refractivity contribution in [2.24, 2.45) is 0 Å². The molecule has 0 amide bonds. The normalized spacial score (nSPS) is 39.7. The zero-order valence-electron chi connectivity index (χ0n) is 4.89. The number of allylic oxidation sites excluding steroid dienone is 2. The minimum absolute atomic E-state index is 0.363. The monoisotopic (exact) mass is 114 g/mol. The van der Waals surface area contributed by atoms with Crippen LogP contribution in [0.4, 0.5) is 0 Å². The summed E-state index contributed by atoms with van der Waals surface area (Å²) in [5, 5.41) is 0. The zero-order chi connectivity index (χ0) is 5.28. The molecule has 40 valence electrons. The lowest BCUT2D eigenvalue weighted by atomic mass is 10.4. The van der Waals surface area contributed by atoms with Gasteiger partial charge >= 0.3 is 0 Å². The highest BCUT2D eigenvalue weighted by atomic mass is 31.1. The largest absolute Gasteiger partial charge is 0.0993 e. The summed E-state index contributed by atoms with van der Waals surface area (Å²) in [5.41, 5.74) is 0.898. The lowest BCUT2D eigenvalue weighted by Gasteiger charge is -2.06. The molecule has 1 aliphatic rings. The molecule has 1 heterocycles. The Hall–Kier alpha value is 0.170. The molecule has 0 spiro atoms. The Morgan fingerprint density at radius 1 is 1.71 bits per heavy atom. The summed E-state index contributed by atoms with van der Waals surface area (Å²) in [4.78, 5) is 0. The van der Waals surface area contributed by atoms with Crippen molar-refractivity contribution >= 4 is 7.92 Å². The molecule has 0 N–H and O–H groups in total. The highest BCUT2D eigenvalue weighted by Gasteiger charge is 2.10. The molecule has 0 bridgehead atoms. The van der Waals surface area contributed by atoms with Gasteiger partial charge in [0.1, 0.15) is 0 Å². The fourth-order valence-electron chi connectivity index (χ4n) is 0.737. The molecule has 0 aliphatic carbocycles. The predicted octanol–water partition coefficient (Wildman–Crippen LogP) is 2.06. The standard InChI is InChI=1S/C6H11P/c1-6-4-3-5-7(6)2/h3-4,6H,5H2,1-2H3/t6-,7+/m0/s1. The van der Waals surface area contributed by atoms with E-state index in [9.17, 15) is 0 Å². The maximum Gasteiger partial charge on any atom is -0.00575 e. The van der Waals surface area contributed by atoms with E-state index >= 15 is 0 Å². The van der Waals surface area contributed by atoms with Gasteiger partial charge in [0.15, 0.2) is 0 Å². The first-order valence-electron chi connectivity index (χ1n) is 2.67. The van der Waals surface area contributed by atoms with Crippen LogP contribution in [-0.2, 0) is 0 Å². The van der Waals surface area contributed by atoms with E-state index in [2.05, 4.69) is 25.7 Å². The van der Waals surface area contributed by atoms with Crippen LogP contribution in [0.1, 0.15) is 6.92 Å². The van der Waals surface area contributed by atoms with Crippen molar-refractivity contribution in [3.63, 3.8) is 0 Å². The summed E-state index contributed by atoms with van der Waals surface area (Å²) in [6.45, 7) is 4.66. The third-order valence-electron chi connectivity index (χ3n) is 1.50. The van der Waals surface area contributed by atoms with Crippen LogP contribution in [0.3, 0.4) is 0 Å². The molecule has 0 aromatic heterocycles. The molecular weight excluding hydrogens is 103 g/mol. The lowest BCUT2D eigenvalue weighted by molar-refractivity contribution is 1.25. The average Bonchev–Trinajstić information content (AvgIpc) is 1.91. The van der Waals surface area contributed by atoms with Crippen LogP contribution < -0.4 is 0 Å². The number of hydrogen-bond acceptors (Lipinski definition) is 0. The summed E-state index contributed by atoms with van der Waals surface area (Å²) in [7, 11) is 0.363. The van der Waals surface area contributed by atoms with E-state index < -0.39 is 0 Å². The fourth-order valence-corrected chi connectivity index (χ4v) is 1.94. The van der Waals surface area contributed by atoms with Crippen LogP contribution >= 0.6 is 7.92 Å². The maximum atomic E-state index is 2.36. The van der Waals surface area contributed by atoms with E-state index in [0.29, 0.717) is 7.92 Å². The lowest BCUT2D eigenvalue weighted by Crippen LogP contribution is -1.86. The molecule has 0 saturated carbocycles. The van der Waals surface area contributed by atoms with Crippen molar-refractivity contribution in [3.05, 3.63) is 12.2 Å². The molecule has 1 heteroatoms. The van der Waals surface area contributed by atoms with Gasteiger partial charge in [0.05, 0.1) is 0 Å². The van der Waals surface area contributed by atoms with Gasteiger partial charge in [0.2, 0.25) is 0 Å². The second-order valence-electron chi connectivity index (χ2n) is 2.11. The van der Waals surface area contributed by atoms with Crippen molar-refractivity contribution in [2.75, 3.05) is 12.8 Å². The van der Waals surface area contributed by atoms with E-state index in [0.717, 1.165) is 5.66 Å². The first kappa shape index (κ1) is 5.31. The first-order chi connectivity index (χ1) is 3.30. The van der Waals surface area contributed by atoms with Crippen LogP contribution in [0.5, 0.6) is 0 Å². The van der Waals surface area contributed by atoms with Crippen LogP contribution in [0.2, 0.25) is 0 Å². The summed E-state index contributed by atoms with van der Waals surface area (Å²) < 4.78 is 0. The molecule has 1 aliphatic heterocycles. The van der Waals surface area contributed by atoms with Crippen molar-refractivity contribution in [1.29, 1.82) is 0 Å². The Labute approximate surface area is 46.4 Å². The van der Waals surface area contributed by atoms with Gasteiger partial charge < -0.3 is 0 Å². The van der Waals surface area contributed by atoms with Gasteiger partial charge in [-0.25, -0.2) is 0 Å². The van der Waals surface area contributed by atoms with Gasteiger partial charge in [-0.1, -0.05) is 27.0 Å². The van der Waals surface area contributed by atoms with Crippen molar-refractivity contribution in [2.45, 2.75) is 12.6 Å². The zero-order valence-corrected chi connectivity index (χ0v) is 5.78. The molecule has 0 radical (unpaired) electrons. The van der Waals surface area contributed by atoms with Gasteiger partial charge in [-0.05, 0) is 18.5 Å². The highest BCUT2D eigenvalue weighted by molar-refractivity contribution is 7.58. The average molecular weight is 114 g/mol. The Morgan fingerprint density at radius 2 is 2.43 bits per heavy atom. The third kappa shape index (κ3) is 1.04. The summed E-state index contributed by atoms with van der Waals surface area (Å²) in [6, 6.07) is 0. The predicted molar refractivity (Wildman–Crippen MR) is 36.3 cm³/mol. The van der Waals surface area contributed by atoms with Crippen LogP contribution in [0.15, 0.2) is 12.2 Å². The quantitative estimate of drug-likeness (QED) is 0.334. The van der Waals surface area contributed by atoms with E-state index in [4.69, 9.17) is 0 Å². The molecule has 0 nitrogen and oxygen atoms in total. The number of rotatable bonds is 0. The number of hydrogen-bond donors (Lipinski definition) is 0. The molecule has 2 atom stereocenters. The van der Waals surface area contributed by atoms with Crippen LogP contribution in [-0.4, -0.2) is 18.5 Å². The summed E-state index contributed by atoms with van der Waals surface area (Å²) >= 11 is 0. The molecule has 7 heavy (non-hydrogen) atoms. The van der Waals surface area contributed by atoms with Crippen LogP contribution in [0.25, 0.3) is 0 Å². The molecule has 0 aromatic rings. The van der Waals surface area contributed by atoms with Gasteiger partial charge in [-0.15, -0.1) is 0 Å². The smallest absolute Gasteiger partial charge is 0.00575 e. The minimum atomic E-state index is 0.363. The van der Waals surface area contributed by atoms with E-state index in [1.54, 1.807) is 0 Å². The van der Waals surface area contributed by atoms with Gasteiger partial charge in [0.25, 0.3) is 0 Å². The Balaban J connectivity index is 2.45. The fraction of sp³-hybridized carbons (Fsp3) is 0.667. The molecule has 0 unspecified atom stereocenters. The Bertz CT molecular complexity index is 86.2. The second kappa shape index (κ2) is 1.96. The van der Waals surface area contributed by atoms with Gasteiger partial charge in [-0.2, -0.15) is 0 Å². The second-order valence-corrected chi connectivity index (χ2v) is 4.80.